The Bertz CT molecular complexity index is 989. The molecule has 1 aliphatic rings. The molecule has 0 unspecified atom stereocenters. The molecule has 1 aromatic carbocycles. The minimum absolute atomic E-state index is 0.0373. The Hall–Kier alpha value is -3.09. The van der Waals surface area contributed by atoms with E-state index in [1.165, 1.54) is 0 Å². The molecule has 0 aliphatic carbocycles. The second-order valence-corrected chi connectivity index (χ2v) is 6.82. The Kier molecular flexibility index (Phi) is 4.43. The molecule has 0 atom stereocenters. The maximum Gasteiger partial charge on any atom is 0.254 e. The third-order valence-electron chi connectivity index (χ3n) is 5.11. The van der Waals surface area contributed by atoms with Gasteiger partial charge in [0.15, 0.2) is 5.65 Å². The fourth-order valence-corrected chi connectivity index (χ4v) is 3.53. The van der Waals surface area contributed by atoms with E-state index in [1.807, 2.05) is 55.1 Å². The van der Waals surface area contributed by atoms with Crippen molar-refractivity contribution < 1.29 is 9.53 Å². The highest BCUT2D eigenvalue weighted by Crippen LogP contribution is 2.22. The van der Waals surface area contributed by atoms with Crippen LogP contribution in [0.2, 0.25) is 0 Å². The van der Waals surface area contributed by atoms with Gasteiger partial charge in [-0.3, -0.25) is 9.20 Å². The Labute approximate surface area is 158 Å². The van der Waals surface area contributed by atoms with Crippen LogP contribution in [0.4, 0.5) is 5.95 Å². The predicted octanol–water partition coefficient (Wildman–Crippen LogP) is 2.32. The van der Waals surface area contributed by atoms with Gasteiger partial charge in [-0.05, 0) is 43.7 Å². The number of nitrogens with zero attached hydrogens (tertiary/aromatic N) is 5. The van der Waals surface area contributed by atoms with Gasteiger partial charge in [-0.25, -0.2) is 0 Å². The number of anilines is 1. The summed E-state index contributed by atoms with van der Waals surface area (Å²) in [6.45, 7) is 6.76. The lowest BCUT2D eigenvalue weighted by molar-refractivity contribution is 0.0746. The van der Waals surface area contributed by atoms with Crippen LogP contribution < -0.4 is 9.64 Å². The number of hydrogen-bond acceptors (Lipinski definition) is 5. The van der Waals surface area contributed by atoms with Gasteiger partial charge in [-0.2, -0.15) is 0 Å². The monoisotopic (exact) mass is 365 g/mol. The molecule has 7 heteroatoms. The molecule has 0 saturated carbocycles. The lowest BCUT2D eigenvalue weighted by Crippen LogP contribution is -2.49. The van der Waals surface area contributed by atoms with E-state index in [0.29, 0.717) is 18.7 Å². The van der Waals surface area contributed by atoms with E-state index in [9.17, 15) is 4.79 Å². The second kappa shape index (κ2) is 6.90. The molecule has 0 radical (unpaired) electrons. The summed E-state index contributed by atoms with van der Waals surface area (Å²) in [4.78, 5) is 16.9. The Morgan fingerprint density at radius 2 is 1.81 bits per heavy atom. The third kappa shape index (κ3) is 3.09. The number of pyridine rings is 1. The highest BCUT2D eigenvalue weighted by molar-refractivity contribution is 5.95. The lowest BCUT2D eigenvalue weighted by Gasteiger charge is -2.35. The van der Waals surface area contributed by atoms with E-state index in [0.717, 1.165) is 41.7 Å². The number of benzene rings is 1. The van der Waals surface area contributed by atoms with E-state index >= 15 is 0 Å². The van der Waals surface area contributed by atoms with Gasteiger partial charge in [0.05, 0.1) is 7.11 Å². The zero-order valence-corrected chi connectivity index (χ0v) is 15.8. The van der Waals surface area contributed by atoms with E-state index in [4.69, 9.17) is 4.74 Å². The maximum atomic E-state index is 12.9. The summed E-state index contributed by atoms with van der Waals surface area (Å²) in [5.41, 5.74) is 3.62. The molecule has 4 rings (SSSR count). The molecule has 0 N–H and O–H groups in total. The van der Waals surface area contributed by atoms with Crippen molar-refractivity contribution in [1.82, 2.24) is 19.5 Å². The molecule has 1 fully saturated rings. The first-order valence-electron chi connectivity index (χ1n) is 9.08. The van der Waals surface area contributed by atoms with E-state index < -0.39 is 0 Å². The van der Waals surface area contributed by atoms with Gasteiger partial charge in [-0.1, -0.05) is 12.1 Å². The van der Waals surface area contributed by atoms with Crippen LogP contribution in [0.3, 0.4) is 0 Å². The number of amides is 1. The average molecular weight is 365 g/mol. The molecule has 1 aliphatic heterocycles. The molecule has 1 amide bonds. The van der Waals surface area contributed by atoms with E-state index in [1.54, 1.807) is 7.11 Å². The molecule has 0 bridgehead atoms. The molecule has 3 heterocycles. The van der Waals surface area contributed by atoms with Crippen molar-refractivity contribution in [2.45, 2.75) is 13.8 Å². The van der Waals surface area contributed by atoms with Gasteiger partial charge in [0.25, 0.3) is 5.91 Å². The SMILES string of the molecule is COc1cc(C(=O)N2CCN(c3nnc4cccc(C)n34)CC2)ccc1C. The van der Waals surface area contributed by atoms with Crippen molar-refractivity contribution in [2.24, 2.45) is 0 Å². The molecule has 140 valence electrons. The van der Waals surface area contributed by atoms with Crippen molar-refractivity contribution in [2.75, 3.05) is 38.2 Å². The van der Waals surface area contributed by atoms with Gasteiger partial charge >= 0.3 is 0 Å². The van der Waals surface area contributed by atoms with Gasteiger partial charge in [0.1, 0.15) is 5.75 Å². The van der Waals surface area contributed by atoms with E-state index in [2.05, 4.69) is 19.5 Å². The zero-order valence-electron chi connectivity index (χ0n) is 15.8. The molecule has 1 saturated heterocycles. The van der Waals surface area contributed by atoms with Crippen molar-refractivity contribution in [1.29, 1.82) is 0 Å². The van der Waals surface area contributed by atoms with Gasteiger partial charge in [-0.15, -0.1) is 10.2 Å². The number of carbonyl (C=O) groups is 1. The average Bonchev–Trinajstić information content (AvgIpc) is 3.13. The molecular formula is C20H23N5O2. The van der Waals surface area contributed by atoms with Crippen LogP contribution in [0.5, 0.6) is 5.75 Å². The normalized spacial score (nSPS) is 14.6. The minimum Gasteiger partial charge on any atom is -0.496 e. The van der Waals surface area contributed by atoms with Gasteiger partial charge < -0.3 is 14.5 Å². The van der Waals surface area contributed by atoms with Crippen molar-refractivity contribution in [3.8, 4) is 5.75 Å². The number of aromatic nitrogens is 3. The van der Waals surface area contributed by atoms with Gasteiger partial charge in [0, 0.05) is 37.4 Å². The third-order valence-corrected chi connectivity index (χ3v) is 5.11. The first-order valence-corrected chi connectivity index (χ1v) is 9.08. The molecule has 3 aromatic rings. The number of rotatable bonds is 3. The topological polar surface area (TPSA) is 63.0 Å². The van der Waals surface area contributed by atoms with Crippen molar-refractivity contribution in [3.05, 3.63) is 53.2 Å². The number of carbonyl (C=O) groups excluding carboxylic acids is 1. The largest absolute Gasteiger partial charge is 0.496 e. The summed E-state index contributed by atoms with van der Waals surface area (Å²) < 4.78 is 7.40. The van der Waals surface area contributed by atoms with Crippen LogP contribution in [0, 0.1) is 13.8 Å². The summed E-state index contributed by atoms with van der Waals surface area (Å²) in [5.74, 6) is 1.62. The number of ether oxygens (including phenoxy) is 1. The molecule has 0 spiro atoms. The lowest BCUT2D eigenvalue weighted by atomic mass is 10.1. The minimum atomic E-state index is 0.0373. The standard InChI is InChI=1S/C20H23N5O2/c1-14-7-8-16(13-17(14)27-3)19(26)23-9-11-24(12-10-23)20-22-21-18-6-4-5-15(2)25(18)20/h4-8,13H,9-12H2,1-3H3. The molecule has 2 aromatic heterocycles. The van der Waals surface area contributed by atoms with Crippen molar-refractivity contribution >= 4 is 17.5 Å². The Morgan fingerprint density at radius 1 is 1.04 bits per heavy atom. The fraction of sp³-hybridized carbons (Fsp3) is 0.350. The highest BCUT2D eigenvalue weighted by Gasteiger charge is 2.25. The summed E-state index contributed by atoms with van der Waals surface area (Å²) in [7, 11) is 1.63. The van der Waals surface area contributed by atoms with Crippen LogP contribution in [0.25, 0.3) is 5.65 Å². The number of aryl methyl sites for hydroxylation is 2. The first-order chi connectivity index (χ1) is 13.1. The summed E-state index contributed by atoms with van der Waals surface area (Å²) >= 11 is 0. The van der Waals surface area contributed by atoms with Crippen LogP contribution in [0.1, 0.15) is 21.6 Å². The van der Waals surface area contributed by atoms with Crippen LogP contribution in [0.15, 0.2) is 36.4 Å². The maximum absolute atomic E-state index is 12.9. The number of hydrogen-bond donors (Lipinski definition) is 0. The smallest absolute Gasteiger partial charge is 0.254 e. The number of fused-ring (bicyclic) bond motifs is 1. The summed E-state index contributed by atoms with van der Waals surface area (Å²) in [6, 6.07) is 11.6. The molecule has 7 nitrogen and oxygen atoms in total. The number of methoxy groups -OCH3 is 1. The predicted molar refractivity (Wildman–Crippen MR) is 104 cm³/mol. The van der Waals surface area contributed by atoms with E-state index in [-0.39, 0.29) is 5.91 Å². The highest BCUT2D eigenvalue weighted by atomic mass is 16.5. The van der Waals surface area contributed by atoms with Gasteiger partial charge in [0.2, 0.25) is 5.95 Å². The van der Waals surface area contributed by atoms with Crippen LogP contribution >= 0.6 is 0 Å². The molecular weight excluding hydrogens is 342 g/mol. The number of piperazine rings is 1. The Balaban J connectivity index is 1.49. The van der Waals surface area contributed by atoms with Crippen molar-refractivity contribution in [3.63, 3.8) is 0 Å². The summed E-state index contributed by atoms with van der Waals surface area (Å²) in [6.07, 6.45) is 0. The second-order valence-electron chi connectivity index (χ2n) is 6.82. The Morgan fingerprint density at radius 3 is 2.56 bits per heavy atom. The van der Waals surface area contributed by atoms with Crippen LogP contribution in [-0.4, -0.2) is 58.7 Å². The zero-order chi connectivity index (χ0) is 19.0. The first kappa shape index (κ1) is 17.3. The molecule has 27 heavy (non-hydrogen) atoms. The quantitative estimate of drug-likeness (QED) is 0.713. The van der Waals surface area contributed by atoms with Crippen LogP contribution in [-0.2, 0) is 0 Å². The summed E-state index contributed by atoms with van der Waals surface area (Å²) in [5, 5.41) is 8.62. The fourth-order valence-electron chi connectivity index (χ4n) is 3.53.